The zero-order chi connectivity index (χ0) is 18.9. The van der Waals surface area contributed by atoms with Gasteiger partial charge in [0.05, 0.1) is 6.20 Å². The molecule has 1 aliphatic rings. The van der Waals surface area contributed by atoms with Crippen molar-refractivity contribution < 1.29 is 4.39 Å². The predicted molar refractivity (Wildman–Crippen MR) is 107 cm³/mol. The van der Waals surface area contributed by atoms with Crippen LogP contribution in [-0.4, -0.2) is 43.5 Å². The van der Waals surface area contributed by atoms with Crippen LogP contribution < -0.4 is 10.2 Å². The monoisotopic (exact) mass is 395 g/mol. The lowest BCUT2D eigenvalue weighted by Gasteiger charge is -2.33. The molecule has 28 heavy (non-hydrogen) atoms. The summed E-state index contributed by atoms with van der Waals surface area (Å²) < 4.78 is 15.3. The van der Waals surface area contributed by atoms with E-state index < -0.39 is 0 Å². The van der Waals surface area contributed by atoms with Crippen LogP contribution in [0.3, 0.4) is 0 Å². The van der Waals surface area contributed by atoms with E-state index in [1.807, 2.05) is 17.6 Å². The molecular weight excluding hydrogens is 377 g/mol. The zero-order valence-electron chi connectivity index (χ0n) is 15.0. The first-order valence-corrected chi connectivity index (χ1v) is 10.0. The van der Waals surface area contributed by atoms with Crippen LogP contribution in [0.15, 0.2) is 48.4 Å². The first-order valence-electron chi connectivity index (χ1n) is 9.13. The molecule has 9 heteroatoms. The number of halogens is 1. The number of imidazole rings is 1. The van der Waals surface area contributed by atoms with Gasteiger partial charge in [0, 0.05) is 43.1 Å². The summed E-state index contributed by atoms with van der Waals surface area (Å²) >= 11 is 1.66. The predicted octanol–water partition coefficient (Wildman–Crippen LogP) is 3.47. The molecule has 5 heterocycles. The van der Waals surface area contributed by atoms with Gasteiger partial charge < -0.3 is 10.2 Å². The molecule has 1 saturated heterocycles. The molecule has 0 saturated carbocycles. The van der Waals surface area contributed by atoms with E-state index in [4.69, 9.17) is 0 Å². The van der Waals surface area contributed by atoms with Gasteiger partial charge in [-0.05, 0) is 31.0 Å². The Balaban J connectivity index is 1.38. The number of rotatable bonds is 4. The minimum atomic E-state index is -0.328. The zero-order valence-corrected chi connectivity index (χ0v) is 15.8. The molecule has 0 spiro atoms. The second-order valence-electron chi connectivity index (χ2n) is 6.73. The molecule has 7 nitrogen and oxygen atoms in total. The minimum absolute atomic E-state index is 0.278. The Kier molecular flexibility index (Phi) is 4.36. The van der Waals surface area contributed by atoms with E-state index >= 15 is 0 Å². The first-order chi connectivity index (χ1) is 13.8. The number of fused-ring (bicyclic) bond motifs is 1. The van der Waals surface area contributed by atoms with Gasteiger partial charge in [-0.25, -0.2) is 24.3 Å². The van der Waals surface area contributed by atoms with E-state index in [0.717, 1.165) is 36.9 Å². The lowest BCUT2D eigenvalue weighted by Crippen LogP contribution is -2.42. The highest BCUT2D eigenvalue weighted by atomic mass is 32.1. The highest BCUT2D eigenvalue weighted by Crippen LogP contribution is 2.24. The maximum Gasteiger partial charge on any atom is 0.185 e. The molecule has 0 bridgehead atoms. The van der Waals surface area contributed by atoms with Gasteiger partial charge in [-0.1, -0.05) is 0 Å². The number of anilines is 2. The number of nitrogens with one attached hydrogen (secondary N) is 1. The van der Waals surface area contributed by atoms with Gasteiger partial charge in [0.1, 0.15) is 23.0 Å². The van der Waals surface area contributed by atoms with Crippen LogP contribution in [0.5, 0.6) is 0 Å². The topological polar surface area (TPSA) is 71.2 Å². The van der Waals surface area contributed by atoms with E-state index in [-0.39, 0.29) is 11.9 Å². The van der Waals surface area contributed by atoms with Crippen molar-refractivity contribution in [2.45, 2.75) is 18.9 Å². The van der Waals surface area contributed by atoms with Gasteiger partial charge in [-0.2, -0.15) is 0 Å². The SMILES string of the molecule is Fc1ccc2ncc(-c3nccc(N[C@@H]4CCCN(c5nccs5)C4)n3)n2c1. The van der Waals surface area contributed by atoms with Gasteiger partial charge in [-0.15, -0.1) is 11.3 Å². The third-order valence-corrected chi connectivity index (χ3v) is 5.65. The van der Waals surface area contributed by atoms with Gasteiger partial charge in [0.2, 0.25) is 0 Å². The number of hydrogen-bond acceptors (Lipinski definition) is 7. The quantitative estimate of drug-likeness (QED) is 0.571. The number of nitrogens with zero attached hydrogens (tertiary/aromatic N) is 6. The Bertz CT molecular complexity index is 1090. The van der Waals surface area contributed by atoms with E-state index in [1.165, 1.54) is 12.3 Å². The van der Waals surface area contributed by atoms with E-state index in [1.54, 1.807) is 34.2 Å². The van der Waals surface area contributed by atoms with E-state index in [0.29, 0.717) is 17.2 Å². The molecular formula is C19H18FN7S. The molecule has 4 aromatic heterocycles. The number of thiazole rings is 1. The Morgan fingerprint density at radius 2 is 2.11 bits per heavy atom. The number of hydrogen-bond donors (Lipinski definition) is 1. The Morgan fingerprint density at radius 3 is 3.00 bits per heavy atom. The molecule has 0 unspecified atom stereocenters. The van der Waals surface area contributed by atoms with E-state index in [2.05, 4.69) is 30.2 Å². The summed E-state index contributed by atoms with van der Waals surface area (Å²) in [5.74, 6) is 0.934. The molecule has 142 valence electrons. The van der Waals surface area contributed by atoms with Crippen molar-refractivity contribution in [2.75, 3.05) is 23.3 Å². The summed E-state index contributed by atoms with van der Waals surface area (Å²) in [4.78, 5) is 20.0. The summed E-state index contributed by atoms with van der Waals surface area (Å²) in [5, 5.41) is 6.57. The number of aromatic nitrogens is 5. The van der Waals surface area contributed by atoms with Crippen molar-refractivity contribution in [3.05, 3.63) is 54.2 Å². The summed E-state index contributed by atoms with van der Waals surface area (Å²) in [7, 11) is 0. The molecule has 5 rings (SSSR count). The van der Waals surface area contributed by atoms with Crippen molar-refractivity contribution in [1.82, 2.24) is 24.3 Å². The summed E-state index contributed by atoms with van der Waals surface area (Å²) in [5.41, 5.74) is 1.32. The fourth-order valence-corrected chi connectivity index (χ4v) is 4.21. The number of piperidine rings is 1. The average molecular weight is 395 g/mol. The van der Waals surface area contributed by atoms with Gasteiger partial charge in [-0.3, -0.25) is 4.40 Å². The summed E-state index contributed by atoms with van der Waals surface area (Å²) in [6.07, 6.45) is 8.79. The fourth-order valence-electron chi connectivity index (χ4n) is 3.53. The van der Waals surface area contributed by atoms with E-state index in [9.17, 15) is 4.39 Å². The van der Waals surface area contributed by atoms with Crippen LogP contribution >= 0.6 is 11.3 Å². The molecule has 0 radical (unpaired) electrons. The smallest absolute Gasteiger partial charge is 0.185 e. The fraction of sp³-hybridized carbons (Fsp3) is 0.263. The van der Waals surface area contributed by atoms with Gasteiger partial charge >= 0.3 is 0 Å². The molecule has 1 N–H and O–H groups in total. The third-order valence-electron chi connectivity index (χ3n) is 4.82. The summed E-state index contributed by atoms with van der Waals surface area (Å²) in [6, 6.07) is 5.16. The van der Waals surface area contributed by atoms with Crippen molar-refractivity contribution in [1.29, 1.82) is 0 Å². The third kappa shape index (κ3) is 3.29. The largest absolute Gasteiger partial charge is 0.365 e. The maximum atomic E-state index is 13.6. The maximum absolute atomic E-state index is 13.6. The van der Waals surface area contributed by atoms with Gasteiger partial charge in [0.25, 0.3) is 0 Å². The molecule has 0 aromatic carbocycles. The molecule has 0 aliphatic carbocycles. The van der Waals surface area contributed by atoms with Crippen molar-refractivity contribution >= 4 is 27.9 Å². The second-order valence-corrected chi connectivity index (χ2v) is 7.60. The highest BCUT2D eigenvalue weighted by Gasteiger charge is 2.22. The first kappa shape index (κ1) is 17.1. The average Bonchev–Trinajstić information content (AvgIpc) is 3.38. The molecule has 1 atom stereocenters. The minimum Gasteiger partial charge on any atom is -0.365 e. The van der Waals surface area contributed by atoms with Crippen LogP contribution in [0.25, 0.3) is 17.2 Å². The van der Waals surface area contributed by atoms with Crippen LogP contribution in [0, 0.1) is 5.82 Å². The number of pyridine rings is 1. The van der Waals surface area contributed by atoms with Gasteiger partial charge in [0.15, 0.2) is 11.0 Å². The Hall–Kier alpha value is -3.07. The highest BCUT2D eigenvalue weighted by molar-refractivity contribution is 7.13. The molecule has 4 aromatic rings. The van der Waals surface area contributed by atoms with Crippen molar-refractivity contribution in [3.8, 4) is 11.5 Å². The molecule has 1 aliphatic heterocycles. The normalized spacial score (nSPS) is 17.2. The molecule has 1 fully saturated rings. The van der Waals surface area contributed by atoms with Crippen LogP contribution in [-0.2, 0) is 0 Å². The van der Waals surface area contributed by atoms with Crippen LogP contribution in [0.2, 0.25) is 0 Å². The molecule has 0 amide bonds. The van der Waals surface area contributed by atoms with Crippen molar-refractivity contribution in [2.24, 2.45) is 0 Å². The van der Waals surface area contributed by atoms with Crippen LogP contribution in [0.1, 0.15) is 12.8 Å². The Labute approximate surface area is 164 Å². The lowest BCUT2D eigenvalue weighted by molar-refractivity contribution is 0.528. The van der Waals surface area contributed by atoms with Crippen LogP contribution in [0.4, 0.5) is 15.3 Å². The van der Waals surface area contributed by atoms with Crippen molar-refractivity contribution in [3.63, 3.8) is 0 Å². The second kappa shape index (κ2) is 7.16. The summed E-state index contributed by atoms with van der Waals surface area (Å²) in [6.45, 7) is 1.90. The lowest BCUT2D eigenvalue weighted by atomic mass is 10.1. The Morgan fingerprint density at radius 1 is 1.14 bits per heavy atom. The standard InChI is InChI=1S/C19H18FN7S/c20-13-3-4-17-23-10-15(27(17)11-13)18-21-6-5-16(25-18)24-14-2-1-8-26(12-14)19-22-7-9-28-19/h3-7,9-11,14H,1-2,8,12H2,(H,21,24,25)/t14-/m1/s1.